The van der Waals surface area contributed by atoms with Crippen LogP contribution in [-0.2, 0) is 4.74 Å². The van der Waals surface area contributed by atoms with E-state index in [0.29, 0.717) is 12.2 Å². The van der Waals surface area contributed by atoms with Crippen LogP contribution in [0.2, 0.25) is 0 Å². The number of carbonyl (C=O) groups is 1. The molecule has 1 unspecified atom stereocenters. The third-order valence-corrected chi connectivity index (χ3v) is 2.58. The van der Waals surface area contributed by atoms with E-state index in [1.54, 1.807) is 0 Å². The summed E-state index contributed by atoms with van der Waals surface area (Å²) >= 11 is 0. The topological polar surface area (TPSA) is 69.4 Å². The van der Waals surface area contributed by atoms with Gasteiger partial charge < -0.3 is 4.74 Å². The van der Waals surface area contributed by atoms with Gasteiger partial charge >= 0.3 is 0 Å². The maximum Gasteiger partial charge on any atom is 0.269 e. The van der Waals surface area contributed by atoms with Crippen LogP contribution in [0.15, 0.2) is 24.3 Å². The zero-order valence-corrected chi connectivity index (χ0v) is 8.59. The fraction of sp³-hybridized carbons (Fsp3) is 0.364. The maximum absolute atomic E-state index is 11.8. The summed E-state index contributed by atoms with van der Waals surface area (Å²) in [4.78, 5) is 21.8. The standard InChI is InChI=1S/C11H11NO4/c13-11(10-2-1-7-16-10)8-3-5-9(6-4-8)12(14)15/h3-6,10H,1-2,7H2. The lowest BCUT2D eigenvalue weighted by atomic mass is 10.0. The molecule has 1 fully saturated rings. The zero-order chi connectivity index (χ0) is 11.5. The summed E-state index contributed by atoms with van der Waals surface area (Å²) in [6.45, 7) is 0.614. The molecule has 1 aromatic rings. The Morgan fingerprint density at radius 1 is 1.38 bits per heavy atom. The number of non-ortho nitro benzene ring substituents is 1. The SMILES string of the molecule is O=C(c1ccc([N+](=O)[O-])cc1)C1CCCO1. The van der Waals surface area contributed by atoms with Crippen molar-refractivity contribution in [3.05, 3.63) is 39.9 Å². The minimum atomic E-state index is -0.486. The summed E-state index contributed by atoms with van der Waals surface area (Å²) in [5.41, 5.74) is 0.460. The van der Waals surface area contributed by atoms with E-state index < -0.39 is 4.92 Å². The molecule has 0 aliphatic carbocycles. The van der Waals surface area contributed by atoms with E-state index in [0.717, 1.165) is 12.8 Å². The number of benzene rings is 1. The number of ketones is 1. The Hall–Kier alpha value is -1.75. The van der Waals surface area contributed by atoms with Gasteiger partial charge in [-0.05, 0) is 25.0 Å². The van der Waals surface area contributed by atoms with E-state index in [9.17, 15) is 14.9 Å². The predicted octanol–water partition coefficient (Wildman–Crippen LogP) is 1.96. The van der Waals surface area contributed by atoms with Gasteiger partial charge in [-0.3, -0.25) is 14.9 Å². The van der Waals surface area contributed by atoms with Crippen LogP contribution in [0, 0.1) is 10.1 Å². The van der Waals surface area contributed by atoms with Crippen molar-refractivity contribution in [2.45, 2.75) is 18.9 Å². The van der Waals surface area contributed by atoms with Crippen LogP contribution < -0.4 is 0 Å². The molecular formula is C11H11NO4. The molecule has 0 spiro atoms. The number of carbonyl (C=O) groups excluding carboxylic acids is 1. The van der Waals surface area contributed by atoms with Crippen molar-refractivity contribution in [2.24, 2.45) is 0 Å². The molecule has 16 heavy (non-hydrogen) atoms. The van der Waals surface area contributed by atoms with Crippen molar-refractivity contribution in [2.75, 3.05) is 6.61 Å². The van der Waals surface area contributed by atoms with Crippen molar-refractivity contribution in [3.63, 3.8) is 0 Å². The summed E-state index contributed by atoms with van der Waals surface area (Å²) in [6, 6.07) is 5.62. The lowest BCUT2D eigenvalue weighted by molar-refractivity contribution is -0.384. The first-order chi connectivity index (χ1) is 7.68. The van der Waals surface area contributed by atoms with E-state index in [2.05, 4.69) is 0 Å². The van der Waals surface area contributed by atoms with Crippen LogP contribution in [0.1, 0.15) is 23.2 Å². The molecule has 0 N–H and O–H groups in total. The fourth-order valence-corrected chi connectivity index (χ4v) is 1.72. The fourth-order valence-electron chi connectivity index (χ4n) is 1.72. The first-order valence-electron chi connectivity index (χ1n) is 5.09. The van der Waals surface area contributed by atoms with E-state index in [-0.39, 0.29) is 17.6 Å². The van der Waals surface area contributed by atoms with Crippen LogP contribution in [0.3, 0.4) is 0 Å². The molecule has 1 aromatic carbocycles. The van der Waals surface area contributed by atoms with Crippen LogP contribution in [-0.4, -0.2) is 23.4 Å². The van der Waals surface area contributed by atoms with Crippen molar-refractivity contribution in [1.82, 2.24) is 0 Å². The molecular weight excluding hydrogens is 210 g/mol. The highest BCUT2D eigenvalue weighted by molar-refractivity contribution is 5.99. The van der Waals surface area contributed by atoms with Crippen molar-refractivity contribution in [3.8, 4) is 0 Å². The molecule has 1 aliphatic heterocycles. The van der Waals surface area contributed by atoms with E-state index in [4.69, 9.17) is 4.74 Å². The van der Waals surface area contributed by atoms with Crippen molar-refractivity contribution >= 4 is 11.5 Å². The Morgan fingerprint density at radius 3 is 2.56 bits per heavy atom. The first kappa shape index (κ1) is 10.8. The highest BCUT2D eigenvalue weighted by atomic mass is 16.6. The number of hydrogen-bond acceptors (Lipinski definition) is 4. The Morgan fingerprint density at radius 2 is 2.06 bits per heavy atom. The average Bonchev–Trinajstić information content (AvgIpc) is 2.81. The van der Waals surface area contributed by atoms with Crippen LogP contribution in [0.5, 0.6) is 0 Å². The molecule has 1 heterocycles. The quantitative estimate of drug-likeness (QED) is 0.444. The van der Waals surface area contributed by atoms with Crippen LogP contribution >= 0.6 is 0 Å². The third-order valence-electron chi connectivity index (χ3n) is 2.58. The average molecular weight is 221 g/mol. The van der Waals surface area contributed by atoms with Crippen LogP contribution in [0.25, 0.3) is 0 Å². The van der Waals surface area contributed by atoms with Gasteiger partial charge in [-0.2, -0.15) is 0 Å². The van der Waals surface area contributed by atoms with Gasteiger partial charge in [-0.1, -0.05) is 0 Å². The number of nitro benzene ring substituents is 1. The number of rotatable bonds is 3. The Bertz CT molecular complexity index is 406. The Balaban J connectivity index is 2.14. The molecule has 0 bridgehead atoms. The third kappa shape index (κ3) is 2.09. The predicted molar refractivity (Wildman–Crippen MR) is 56.4 cm³/mol. The number of Topliss-reactive ketones (excluding diaryl/α,β-unsaturated/α-hetero) is 1. The lowest BCUT2D eigenvalue weighted by Gasteiger charge is -2.07. The minimum Gasteiger partial charge on any atom is -0.370 e. The van der Waals surface area contributed by atoms with Gasteiger partial charge in [0.15, 0.2) is 5.78 Å². The molecule has 84 valence electrons. The first-order valence-corrected chi connectivity index (χ1v) is 5.09. The molecule has 5 nitrogen and oxygen atoms in total. The molecule has 1 saturated heterocycles. The molecule has 0 amide bonds. The van der Waals surface area contributed by atoms with E-state index in [1.807, 2.05) is 0 Å². The Kier molecular flexibility index (Phi) is 2.96. The van der Waals surface area contributed by atoms with Crippen molar-refractivity contribution < 1.29 is 14.5 Å². The van der Waals surface area contributed by atoms with Gasteiger partial charge in [0.2, 0.25) is 0 Å². The smallest absolute Gasteiger partial charge is 0.269 e. The van der Waals surface area contributed by atoms with Gasteiger partial charge in [-0.25, -0.2) is 0 Å². The van der Waals surface area contributed by atoms with Crippen molar-refractivity contribution in [1.29, 1.82) is 0 Å². The lowest BCUT2D eigenvalue weighted by Crippen LogP contribution is -2.19. The summed E-state index contributed by atoms with van der Waals surface area (Å²) in [5.74, 6) is -0.0904. The van der Waals surface area contributed by atoms with Gasteiger partial charge in [-0.15, -0.1) is 0 Å². The van der Waals surface area contributed by atoms with Gasteiger partial charge in [0, 0.05) is 24.3 Å². The summed E-state index contributed by atoms with van der Waals surface area (Å²) in [7, 11) is 0. The highest BCUT2D eigenvalue weighted by Gasteiger charge is 2.24. The van der Waals surface area contributed by atoms with Gasteiger partial charge in [0.05, 0.1) is 4.92 Å². The summed E-state index contributed by atoms with van der Waals surface area (Å²) in [5, 5.41) is 10.4. The minimum absolute atomic E-state index is 0.0103. The van der Waals surface area contributed by atoms with Gasteiger partial charge in [0.1, 0.15) is 6.10 Å². The van der Waals surface area contributed by atoms with Crippen LogP contribution in [0.4, 0.5) is 5.69 Å². The number of nitro groups is 1. The molecule has 1 atom stereocenters. The molecule has 5 heteroatoms. The van der Waals surface area contributed by atoms with E-state index >= 15 is 0 Å². The maximum atomic E-state index is 11.8. The molecule has 0 aromatic heterocycles. The largest absolute Gasteiger partial charge is 0.370 e. The highest BCUT2D eigenvalue weighted by Crippen LogP contribution is 2.19. The normalized spacial score (nSPS) is 19.6. The number of nitrogens with zero attached hydrogens (tertiary/aromatic N) is 1. The van der Waals surface area contributed by atoms with Gasteiger partial charge in [0.25, 0.3) is 5.69 Å². The second-order valence-electron chi connectivity index (χ2n) is 3.67. The zero-order valence-electron chi connectivity index (χ0n) is 8.59. The second-order valence-corrected chi connectivity index (χ2v) is 3.67. The number of ether oxygens (including phenoxy) is 1. The molecule has 0 radical (unpaired) electrons. The molecule has 1 aliphatic rings. The summed E-state index contributed by atoms with van der Waals surface area (Å²) < 4.78 is 5.26. The molecule has 0 saturated carbocycles. The second kappa shape index (κ2) is 4.40. The number of hydrogen-bond donors (Lipinski definition) is 0. The van der Waals surface area contributed by atoms with E-state index in [1.165, 1.54) is 24.3 Å². The monoisotopic (exact) mass is 221 g/mol. The summed E-state index contributed by atoms with van der Waals surface area (Å²) in [6.07, 6.45) is 1.25. The molecule has 2 rings (SSSR count). The Labute approximate surface area is 92.2 Å².